The van der Waals surface area contributed by atoms with Gasteiger partial charge in [-0.3, -0.25) is 0 Å². The first-order chi connectivity index (χ1) is 24.6. The molecule has 0 heterocycles. The predicted octanol–water partition coefficient (Wildman–Crippen LogP) is 8.74. The van der Waals surface area contributed by atoms with Gasteiger partial charge in [0.15, 0.2) is 0 Å². The second-order valence-electron chi connectivity index (χ2n) is 10.5. The molecule has 3 nitrogen and oxygen atoms in total. The molecule has 0 bridgehead atoms. The predicted molar refractivity (Wildman–Crippen MR) is 216 cm³/mol. The van der Waals surface area contributed by atoms with Crippen LogP contribution in [0.5, 0.6) is 0 Å². The minimum atomic E-state index is -0.995. The van der Waals surface area contributed by atoms with Gasteiger partial charge in [0.05, 0.1) is 10.6 Å². The van der Waals surface area contributed by atoms with Crippen molar-refractivity contribution in [3.8, 4) is 0 Å². The zero-order valence-corrected chi connectivity index (χ0v) is 32.0. The van der Waals surface area contributed by atoms with Gasteiger partial charge >= 0.3 is 5.97 Å². The number of halogens is 1. The Labute approximate surface area is 321 Å². The smallest absolute Gasteiger partial charge is 0.337 e. The van der Waals surface area contributed by atoms with Crippen LogP contribution in [-0.2, 0) is 24.3 Å². The van der Waals surface area contributed by atoms with Crippen LogP contribution < -0.4 is 31.8 Å². The average Bonchev–Trinajstić information content (AvgIpc) is 3.19. The molecule has 7 rings (SSSR count). The average molecular weight is 812 g/mol. The molecular weight excluding hydrogens is 775 g/mol. The Bertz CT molecular complexity index is 1670. The van der Waals surface area contributed by atoms with E-state index in [2.05, 4.69) is 182 Å². The van der Waals surface area contributed by atoms with Crippen LogP contribution in [0.1, 0.15) is 10.4 Å². The van der Waals surface area contributed by atoms with Crippen molar-refractivity contribution >= 4 is 72.0 Å². The van der Waals surface area contributed by atoms with Crippen molar-refractivity contribution in [2.45, 2.75) is 0 Å². The summed E-state index contributed by atoms with van der Waals surface area (Å²) in [6.07, 6.45) is 0. The van der Waals surface area contributed by atoms with Crippen LogP contribution in [0, 0.1) is 0 Å². The third kappa shape index (κ3) is 12.6. The quantitative estimate of drug-likeness (QED) is 0.130. The maximum atomic E-state index is 10.3. The summed E-state index contributed by atoms with van der Waals surface area (Å²) in [7, 11) is -0.892. The molecule has 0 amide bonds. The van der Waals surface area contributed by atoms with E-state index in [4.69, 9.17) is 21.5 Å². The molecule has 0 unspecified atom stereocenters. The summed E-state index contributed by atoms with van der Waals surface area (Å²) >= 11 is 5.54. The van der Waals surface area contributed by atoms with E-state index in [0.29, 0.717) is 0 Å². The Morgan fingerprint density at radius 3 is 0.765 bits per heavy atom. The Kier molecular flexibility index (Phi) is 18.5. The maximum Gasteiger partial charge on any atom is 0.337 e. The molecule has 0 saturated carbocycles. The minimum absolute atomic E-state index is 0. The number of aromatic carboxylic acids is 1. The molecule has 0 radical (unpaired) electrons. The topological polar surface area (TPSA) is 54.4 Å². The van der Waals surface area contributed by atoms with E-state index in [0.717, 1.165) is 0 Å². The van der Waals surface area contributed by atoms with Gasteiger partial charge in [-0.2, -0.15) is 0 Å². The van der Waals surface area contributed by atoms with E-state index in [-0.39, 0.29) is 30.1 Å². The molecule has 0 spiro atoms. The van der Waals surface area contributed by atoms with E-state index < -0.39 is 21.8 Å². The number of carbonyl (C=O) groups excluding carboxylic acids is 1. The van der Waals surface area contributed by atoms with E-state index in [9.17, 15) is 4.79 Å². The normalized spacial score (nSPS) is 9.78. The Morgan fingerprint density at radius 1 is 0.392 bits per heavy atom. The van der Waals surface area contributed by atoms with Gasteiger partial charge in [0.1, 0.15) is 6.79 Å². The molecule has 7 aromatic carbocycles. The summed E-state index contributed by atoms with van der Waals surface area (Å²) in [5.41, 5.74) is 0.143. The van der Waals surface area contributed by atoms with E-state index >= 15 is 0 Å². The van der Waals surface area contributed by atoms with Crippen LogP contribution in [-0.4, -0.2) is 17.9 Å². The second-order valence-corrected chi connectivity index (χ2v) is 15.3. The van der Waals surface area contributed by atoms with Crippen LogP contribution in [0.3, 0.4) is 0 Å². The number of rotatable bonds is 7. The van der Waals surface area contributed by atoms with E-state index in [1.54, 1.807) is 18.2 Å². The molecule has 0 atom stereocenters. The monoisotopic (exact) mass is 812 g/mol. The van der Waals surface area contributed by atoms with Crippen LogP contribution in [0.15, 0.2) is 206 Å². The van der Waals surface area contributed by atoms with Gasteiger partial charge < -0.3 is 9.90 Å². The van der Waals surface area contributed by atoms with Crippen molar-refractivity contribution in [2.75, 3.05) is 0 Å². The third-order valence-electron chi connectivity index (χ3n) is 7.19. The van der Waals surface area contributed by atoms with Gasteiger partial charge in [-0.25, -0.2) is 4.79 Å². The van der Waals surface area contributed by atoms with Gasteiger partial charge in [0, 0.05) is 19.5 Å². The Morgan fingerprint density at radius 2 is 0.588 bits per heavy atom. The summed E-state index contributed by atoms with van der Waals surface area (Å²) in [5.74, 6) is -0.995. The zero-order chi connectivity index (χ0) is 35.4. The van der Waals surface area contributed by atoms with Gasteiger partial charge in [-0.05, 0) is 59.8 Å². The fourth-order valence-corrected chi connectivity index (χ4v) is 9.82. The van der Waals surface area contributed by atoms with Crippen LogP contribution >= 0.6 is 27.4 Å². The molecule has 0 saturated heterocycles. The molecule has 1 N–H and O–H groups in total. The van der Waals surface area contributed by atoms with E-state index in [1.807, 2.05) is 6.79 Å². The maximum absolute atomic E-state index is 10.3. The first kappa shape index (κ1) is 40.9. The minimum Gasteiger partial charge on any atom is -0.478 e. The van der Waals surface area contributed by atoms with E-state index in [1.165, 1.54) is 37.9 Å². The van der Waals surface area contributed by atoms with Crippen molar-refractivity contribution in [1.82, 2.24) is 0 Å². The molecule has 0 aliphatic carbocycles. The molecule has 0 aliphatic rings. The zero-order valence-electron chi connectivity index (χ0n) is 27.7. The fraction of sp³-hybridized carbons (Fsp3) is 0. The second kappa shape index (κ2) is 23.0. The first-order valence-corrected chi connectivity index (χ1v) is 18.8. The van der Waals surface area contributed by atoms with Crippen LogP contribution in [0.25, 0.3) is 0 Å². The summed E-state index contributed by atoms with van der Waals surface area (Å²) in [4.78, 5) is 18.3. The number of hydrogen-bond donors (Lipinski definition) is 1. The first-order valence-electron chi connectivity index (χ1n) is 15.8. The van der Waals surface area contributed by atoms with Crippen LogP contribution in [0.4, 0.5) is 0 Å². The number of hydrogen-bond acceptors (Lipinski definition) is 2. The summed E-state index contributed by atoms with van der Waals surface area (Å²) in [5, 5.41) is 17.1. The van der Waals surface area contributed by atoms with Gasteiger partial charge in [0.25, 0.3) is 0 Å². The van der Waals surface area contributed by atoms with Crippen molar-refractivity contribution in [1.29, 1.82) is 0 Å². The fourth-order valence-electron chi connectivity index (χ4n) is 4.99. The number of benzene rings is 7. The molecule has 51 heavy (non-hydrogen) atoms. The van der Waals surface area contributed by atoms with Gasteiger partial charge in [-0.1, -0.05) is 206 Å². The molecule has 0 fully saturated rings. The summed E-state index contributed by atoms with van der Waals surface area (Å²) < 4.78 is 0. The largest absolute Gasteiger partial charge is 0.478 e. The molecule has 256 valence electrons. The van der Waals surface area contributed by atoms with Crippen molar-refractivity contribution < 1.29 is 34.2 Å². The Balaban J connectivity index is 0.000000209. The number of carboxylic acid groups (broad SMARTS) is 1. The molecule has 0 aliphatic heterocycles. The van der Waals surface area contributed by atoms with Crippen molar-refractivity contribution in [2.24, 2.45) is 0 Å². The van der Waals surface area contributed by atoms with Crippen molar-refractivity contribution in [3.63, 3.8) is 0 Å². The van der Waals surface area contributed by atoms with Crippen LogP contribution in [0.2, 0.25) is 5.02 Å². The van der Waals surface area contributed by atoms with Gasteiger partial charge in [0.2, 0.25) is 0 Å². The standard InChI is InChI=1S/2C18H15P.C7H5ClO2.CH2O.Ru/c2*1-4-10-16(11-5-1)19(17-12-6-2-7-13-17)18-14-8-3-9-15-18;8-6-4-2-1-3-5(6)7(9)10;1-2;/h2*1-15H;1-4H,(H,9,10);1H2;. The molecule has 0 aromatic heterocycles. The molecular formula is C44H37ClO3P2Ru. The molecule has 7 aromatic rings. The Hall–Kier alpha value is -4.55. The number of carboxylic acids is 1. The third-order valence-corrected chi connectivity index (χ3v) is 12.4. The summed E-state index contributed by atoms with van der Waals surface area (Å²) in [6.45, 7) is 2.00. The summed E-state index contributed by atoms with van der Waals surface area (Å²) in [6, 6.07) is 71.0. The number of carbonyl (C=O) groups is 2. The SMILES string of the molecule is C=O.O=C(O)c1ccccc1Cl.[Ru].c1ccc(P(c2ccccc2)c2ccccc2)cc1.c1ccc(P(c2ccccc2)c2ccccc2)cc1. The van der Waals surface area contributed by atoms with Crippen molar-refractivity contribution in [3.05, 3.63) is 217 Å². The van der Waals surface area contributed by atoms with Gasteiger partial charge in [-0.15, -0.1) is 0 Å². The molecule has 7 heteroatoms.